The maximum absolute atomic E-state index is 11.5. The fraction of sp³-hybridized carbons (Fsp3) is 0.400. The van der Waals surface area contributed by atoms with Gasteiger partial charge in [-0.1, -0.05) is 12.2 Å². The molecule has 1 amide bonds. The van der Waals surface area contributed by atoms with Crippen molar-refractivity contribution < 1.29 is 66.1 Å². The second kappa shape index (κ2) is 6.01. The number of aliphatic carboxylic acids is 1. The van der Waals surface area contributed by atoms with Crippen molar-refractivity contribution in [1.82, 2.24) is 4.90 Å². The number of nitrogens with zero attached hydrogens (tertiary/aromatic N) is 1. The molecular weight excluding hydrogens is 267 g/mol. The number of carbonyl (C=O) groups is 2. The molecule has 0 radical (unpaired) electrons. The summed E-state index contributed by atoms with van der Waals surface area (Å²) in [6, 6.07) is -0.591. The summed E-state index contributed by atoms with van der Waals surface area (Å²) >= 11 is 1.47. The van der Waals surface area contributed by atoms with Gasteiger partial charge in [0, 0.05) is 5.75 Å². The van der Waals surface area contributed by atoms with Crippen molar-refractivity contribution in [1.29, 1.82) is 0 Å². The summed E-state index contributed by atoms with van der Waals surface area (Å²) in [7, 11) is 0. The van der Waals surface area contributed by atoms with E-state index in [1.54, 1.807) is 19.1 Å². The number of hydrogen-bond donors (Lipinski definition) is 1. The minimum atomic E-state index is -1.32. The van der Waals surface area contributed by atoms with Gasteiger partial charge >= 0.3 is 51.4 Å². The summed E-state index contributed by atoms with van der Waals surface area (Å²) in [4.78, 5) is 23.8. The van der Waals surface area contributed by atoms with E-state index in [-0.39, 0.29) is 68.4 Å². The van der Waals surface area contributed by atoms with Crippen LogP contribution < -0.4 is 62.2 Å². The molecule has 1 saturated heterocycles. The van der Waals surface area contributed by atoms with Gasteiger partial charge in [-0.05, 0) is 12.5 Å². The molecule has 86 valence electrons. The maximum atomic E-state index is 11.5. The molecule has 0 spiro atoms. The van der Waals surface area contributed by atoms with E-state index in [1.807, 2.05) is 0 Å². The van der Waals surface area contributed by atoms with Gasteiger partial charge in [-0.25, -0.2) is 0 Å². The third kappa shape index (κ3) is 2.55. The van der Waals surface area contributed by atoms with Crippen LogP contribution in [0.2, 0.25) is 0 Å². The van der Waals surface area contributed by atoms with Crippen molar-refractivity contribution in [2.75, 3.05) is 5.75 Å². The monoisotopic (exact) mass is 278 g/mol. The number of β-lactam (4-membered cyclic amide) rings is 1. The number of thioether (sulfide) groups is 1. The van der Waals surface area contributed by atoms with Crippen molar-refractivity contribution in [2.45, 2.75) is 18.3 Å². The molecule has 2 aliphatic heterocycles. The average molecular weight is 278 g/mol. The van der Waals surface area contributed by atoms with Gasteiger partial charge in [-0.3, -0.25) is 9.69 Å². The van der Waals surface area contributed by atoms with Crippen LogP contribution in [0.3, 0.4) is 0 Å². The molecule has 0 aromatic rings. The van der Waals surface area contributed by atoms with Gasteiger partial charge in [0.25, 0.3) is 0 Å². The summed E-state index contributed by atoms with van der Waals surface area (Å²) in [5.74, 6) is -1.13. The molecule has 2 N–H and O–H groups in total. The molecule has 1 unspecified atom stereocenters. The van der Waals surface area contributed by atoms with E-state index in [1.165, 1.54) is 16.7 Å². The fourth-order valence-electron chi connectivity index (χ4n) is 1.86. The summed E-state index contributed by atoms with van der Waals surface area (Å²) in [5.41, 5.74) is 6.16. The second-order valence-corrected chi connectivity index (χ2v) is 4.70. The Morgan fingerprint density at radius 2 is 2.29 bits per heavy atom. The molecule has 2 rings (SSSR count). The third-order valence-corrected chi connectivity index (χ3v) is 3.92. The summed E-state index contributed by atoms with van der Waals surface area (Å²) in [6.07, 6.45) is 3.43. The Hall–Kier alpha value is 0.366. The van der Waals surface area contributed by atoms with Crippen LogP contribution in [-0.4, -0.2) is 33.9 Å². The van der Waals surface area contributed by atoms with Crippen molar-refractivity contribution in [2.24, 2.45) is 5.73 Å². The Morgan fingerprint density at radius 1 is 1.65 bits per heavy atom. The Kier molecular flexibility index (Phi) is 5.45. The first-order valence-corrected chi connectivity index (χ1v) is 5.90. The minimum absolute atomic E-state index is 0. The van der Waals surface area contributed by atoms with E-state index in [0.717, 1.165) is 0 Å². The average Bonchev–Trinajstić information content (AvgIpc) is 2.27. The van der Waals surface area contributed by atoms with E-state index in [4.69, 9.17) is 5.73 Å². The van der Waals surface area contributed by atoms with Gasteiger partial charge in [0.2, 0.25) is 5.91 Å². The number of carboxylic acids is 1. The number of hydrogen-bond acceptors (Lipinski definition) is 5. The van der Waals surface area contributed by atoms with E-state index in [0.29, 0.717) is 11.3 Å². The maximum Gasteiger partial charge on any atom is 1.00 e. The third-order valence-electron chi connectivity index (χ3n) is 2.60. The summed E-state index contributed by atoms with van der Waals surface area (Å²) < 4.78 is 0. The fourth-order valence-corrected chi connectivity index (χ4v) is 3.12. The quantitative estimate of drug-likeness (QED) is 0.409. The van der Waals surface area contributed by atoms with Gasteiger partial charge < -0.3 is 15.6 Å². The Bertz CT molecular complexity index is 422. The van der Waals surface area contributed by atoms with Crippen LogP contribution in [0.1, 0.15) is 6.92 Å². The van der Waals surface area contributed by atoms with E-state index in [2.05, 4.69) is 0 Å². The van der Waals surface area contributed by atoms with Gasteiger partial charge in [0.05, 0.1) is 11.7 Å². The van der Waals surface area contributed by atoms with Crippen LogP contribution in [0.5, 0.6) is 0 Å². The zero-order valence-corrected chi connectivity index (χ0v) is 13.6. The molecule has 2 heterocycles. The van der Waals surface area contributed by atoms with Gasteiger partial charge in [0.1, 0.15) is 11.4 Å². The van der Waals surface area contributed by atoms with Crippen molar-refractivity contribution >= 4 is 23.6 Å². The number of allylic oxidation sites excluding steroid dienone is 2. The smallest absolute Gasteiger partial charge is 0.543 e. The van der Waals surface area contributed by atoms with Crippen LogP contribution in [0.4, 0.5) is 0 Å². The normalized spacial score (nSPS) is 27.6. The van der Waals surface area contributed by atoms with E-state index in [9.17, 15) is 14.7 Å². The standard InChI is InChI=1S/C10H12N2O3S.K/c1-2-3-5-4-16-9-6(11)8(13)12(9)7(5)10(14)15;/h2-3,6,9H,4,11H2,1H3,(H,14,15);/q;+1/p-1/b3-2-;/t6?,9-;/m0./s1. The molecule has 0 saturated carbocycles. The molecular formula is C10H11KN2O3S. The van der Waals surface area contributed by atoms with Crippen LogP contribution in [-0.2, 0) is 9.59 Å². The van der Waals surface area contributed by atoms with Gasteiger partial charge in [-0.15, -0.1) is 11.8 Å². The minimum Gasteiger partial charge on any atom is -0.543 e. The number of carboxylic acid groups (broad SMARTS) is 1. The molecule has 0 aliphatic carbocycles. The first-order chi connectivity index (χ1) is 7.57. The summed E-state index contributed by atoms with van der Waals surface area (Å²) in [5, 5.41) is 10.8. The molecule has 2 atom stereocenters. The summed E-state index contributed by atoms with van der Waals surface area (Å²) in [6.45, 7) is 1.79. The van der Waals surface area contributed by atoms with Gasteiger partial charge in [-0.2, -0.15) is 0 Å². The molecule has 0 aromatic carbocycles. The SMILES string of the molecule is C/C=C\C1=C(C(=O)[O-])N2C(=O)C(N)[C@@H]2SC1.[K+]. The predicted octanol–water partition coefficient (Wildman–Crippen LogP) is -4.19. The number of carbonyl (C=O) groups excluding carboxylic acids is 2. The molecule has 2 aliphatic rings. The van der Waals surface area contributed by atoms with Crippen molar-refractivity contribution in [3.8, 4) is 0 Å². The molecule has 7 heteroatoms. The van der Waals surface area contributed by atoms with Gasteiger partial charge in [0.15, 0.2) is 0 Å². The van der Waals surface area contributed by atoms with Crippen LogP contribution >= 0.6 is 11.8 Å². The van der Waals surface area contributed by atoms with Crippen LogP contribution in [0.15, 0.2) is 23.4 Å². The molecule has 5 nitrogen and oxygen atoms in total. The Balaban J connectivity index is 0.00000144. The number of fused-ring (bicyclic) bond motifs is 1. The van der Waals surface area contributed by atoms with E-state index >= 15 is 0 Å². The number of rotatable bonds is 2. The van der Waals surface area contributed by atoms with Crippen LogP contribution in [0.25, 0.3) is 0 Å². The first-order valence-electron chi connectivity index (χ1n) is 4.85. The zero-order chi connectivity index (χ0) is 11.9. The topological polar surface area (TPSA) is 86.5 Å². The first kappa shape index (κ1) is 15.4. The van der Waals surface area contributed by atoms with E-state index < -0.39 is 12.0 Å². The molecule has 0 aromatic heterocycles. The second-order valence-electron chi connectivity index (χ2n) is 3.60. The predicted molar refractivity (Wildman–Crippen MR) is 57.9 cm³/mol. The Morgan fingerprint density at radius 3 is 2.82 bits per heavy atom. The molecule has 17 heavy (non-hydrogen) atoms. The largest absolute Gasteiger partial charge is 1.00 e. The Labute approximate surface area is 146 Å². The molecule has 0 bridgehead atoms. The molecule has 1 fully saturated rings. The zero-order valence-electron chi connectivity index (χ0n) is 9.67. The number of amides is 1. The number of nitrogens with two attached hydrogens (primary N) is 1. The van der Waals surface area contributed by atoms with Crippen LogP contribution in [0, 0.1) is 0 Å². The van der Waals surface area contributed by atoms with Crippen molar-refractivity contribution in [3.63, 3.8) is 0 Å². The van der Waals surface area contributed by atoms with Crippen molar-refractivity contribution in [3.05, 3.63) is 23.4 Å².